The maximum absolute atomic E-state index is 12.1. The molecule has 1 aliphatic rings. The molecule has 3 N–H and O–H groups in total. The van der Waals surface area contributed by atoms with Crippen molar-refractivity contribution >= 4 is 23.6 Å². The molecule has 3 heterocycles. The number of aromatic amines is 1. The third-order valence-corrected chi connectivity index (χ3v) is 4.23. The summed E-state index contributed by atoms with van der Waals surface area (Å²) in [4.78, 5) is 41.7. The van der Waals surface area contributed by atoms with Crippen LogP contribution < -0.4 is 11.2 Å². The summed E-state index contributed by atoms with van der Waals surface area (Å²) in [5.41, 5.74) is -0.322. The Morgan fingerprint density at radius 3 is 2.82 bits per heavy atom. The maximum atomic E-state index is 12.1. The van der Waals surface area contributed by atoms with Gasteiger partial charge in [0.15, 0.2) is 6.23 Å². The molecule has 148 valence electrons. The predicted molar refractivity (Wildman–Crippen MR) is 96.7 cm³/mol. The molecule has 2 aromatic heterocycles. The summed E-state index contributed by atoms with van der Waals surface area (Å²) in [7, 11) is 0. The lowest BCUT2D eigenvalue weighted by Crippen LogP contribution is -2.38. The third-order valence-electron chi connectivity index (χ3n) is 4.10. The Hall–Kier alpha value is -2.79. The van der Waals surface area contributed by atoms with E-state index in [1.807, 2.05) is 0 Å². The Balaban J connectivity index is 1.76. The summed E-state index contributed by atoms with van der Waals surface area (Å²) in [6.45, 7) is -0.378. The molecular formula is C17H16ClN3O7. The summed E-state index contributed by atoms with van der Waals surface area (Å²) in [6, 6.07) is 4.70. The van der Waals surface area contributed by atoms with Crippen LogP contribution in [0.1, 0.15) is 22.3 Å². The molecule has 1 saturated heterocycles. The van der Waals surface area contributed by atoms with Crippen molar-refractivity contribution in [3.8, 4) is 0 Å². The molecule has 10 nitrogen and oxygen atoms in total. The van der Waals surface area contributed by atoms with E-state index in [9.17, 15) is 24.6 Å². The molecule has 1 fully saturated rings. The molecule has 11 heteroatoms. The molecule has 2 aromatic rings. The monoisotopic (exact) mass is 409 g/mol. The first-order valence-corrected chi connectivity index (χ1v) is 8.58. The van der Waals surface area contributed by atoms with Crippen LogP contribution in [0.4, 0.5) is 0 Å². The number of H-pyrrole nitrogens is 1. The van der Waals surface area contributed by atoms with Gasteiger partial charge in [-0.25, -0.2) is 14.6 Å². The van der Waals surface area contributed by atoms with E-state index in [0.717, 1.165) is 16.3 Å². The van der Waals surface area contributed by atoms with Crippen LogP contribution in [0.3, 0.4) is 0 Å². The first-order valence-electron chi connectivity index (χ1n) is 8.14. The van der Waals surface area contributed by atoms with E-state index in [1.165, 1.54) is 18.3 Å². The molecule has 0 amide bonds. The second-order valence-electron chi connectivity index (χ2n) is 5.90. The molecule has 0 spiro atoms. The summed E-state index contributed by atoms with van der Waals surface area (Å²) < 4.78 is 11.5. The number of pyridine rings is 1. The van der Waals surface area contributed by atoms with Crippen molar-refractivity contribution in [2.75, 3.05) is 6.61 Å². The van der Waals surface area contributed by atoms with E-state index in [0.29, 0.717) is 0 Å². The van der Waals surface area contributed by atoms with Crippen LogP contribution in [0.5, 0.6) is 0 Å². The van der Waals surface area contributed by atoms with Gasteiger partial charge in [-0.15, -0.1) is 0 Å². The van der Waals surface area contributed by atoms with Gasteiger partial charge in [0.2, 0.25) is 0 Å². The number of hydrogen-bond acceptors (Lipinski definition) is 8. The Bertz CT molecular complexity index is 988. The van der Waals surface area contributed by atoms with E-state index < -0.39 is 41.8 Å². The van der Waals surface area contributed by atoms with Gasteiger partial charge in [0.05, 0.1) is 5.56 Å². The van der Waals surface area contributed by atoms with Crippen LogP contribution in [-0.2, 0) is 9.47 Å². The van der Waals surface area contributed by atoms with Crippen molar-refractivity contribution in [3.63, 3.8) is 0 Å². The van der Waals surface area contributed by atoms with Gasteiger partial charge in [-0.05, 0) is 18.2 Å². The quantitative estimate of drug-likeness (QED) is 0.567. The zero-order valence-corrected chi connectivity index (χ0v) is 15.0. The van der Waals surface area contributed by atoms with Crippen molar-refractivity contribution in [1.82, 2.24) is 14.5 Å². The van der Waals surface area contributed by atoms with Gasteiger partial charge in [0.1, 0.15) is 30.6 Å². The van der Waals surface area contributed by atoms with Crippen molar-refractivity contribution in [2.45, 2.75) is 24.5 Å². The average Bonchev–Trinajstić information content (AvgIpc) is 2.97. The Labute approximate surface area is 162 Å². The summed E-state index contributed by atoms with van der Waals surface area (Å²) in [5, 5.41) is 20.4. The molecule has 3 rings (SSSR count). The number of nitrogens with one attached hydrogen (secondary N) is 1. The smallest absolute Gasteiger partial charge is 0.357 e. The fourth-order valence-electron chi connectivity index (χ4n) is 2.69. The minimum atomic E-state index is -1.50. The Morgan fingerprint density at radius 1 is 1.36 bits per heavy atom. The fraction of sp³-hybridized carbons (Fsp3) is 0.294. The standard InChI is InChI=1S/C17H16ClN3O7/c18-5-4-9-7-21(17(26)20-14(9)24)15-13(23)12(22)11(28-15)8-27-16(25)10-3-1-2-6-19-10/h1-7,11-13,15,22-23H,8H2,(H,20,24,26)/b5-4+/t11-,12-,13+,15-/m1/s1. The number of hydrogen-bond donors (Lipinski definition) is 3. The van der Waals surface area contributed by atoms with Crippen molar-refractivity contribution < 1.29 is 24.5 Å². The largest absolute Gasteiger partial charge is 0.458 e. The number of rotatable bonds is 5. The van der Waals surface area contributed by atoms with Crippen LogP contribution in [-0.4, -0.2) is 55.6 Å². The number of aliphatic hydroxyl groups excluding tert-OH is 2. The average molecular weight is 410 g/mol. The van der Waals surface area contributed by atoms with Crippen LogP contribution >= 0.6 is 11.6 Å². The van der Waals surface area contributed by atoms with E-state index in [1.54, 1.807) is 12.1 Å². The molecule has 0 saturated carbocycles. The maximum Gasteiger partial charge on any atom is 0.357 e. The highest BCUT2D eigenvalue weighted by Crippen LogP contribution is 2.28. The number of carbonyl (C=O) groups is 1. The van der Waals surface area contributed by atoms with Gasteiger partial charge < -0.3 is 19.7 Å². The van der Waals surface area contributed by atoms with E-state index in [2.05, 4.69) is 9.97 Å². The molecular weight excluding hydrogens is 394 g/mol. The zero-order valence-electron chi connectivity index (χ0n) is 14.3. The van der Waals surface area contributed by atoms with Gasteiger partial charge in [-0.1, -0.05) is 17.7 Å². The fourth-order valence-corrected chi connectivity index (χ4v) is 2.82. The second kappa shape index (κ2) is 8.48. The van der Waals surface area contributed by atoms with Gasteiger partial charge in [-0.3, -0.25) is 14.3 Å². The molecule has 4 atom stereocenters. The summed E-state index contributed by atoms with van der Waals surface area (Å²) in [5.74, 6) is -0.731. The zero-order chi connectivity index (χ0) is 20.3. The normalized spacial score (nSPS) is 24.5. The molecule has 0 unspecified atom stereocenters. The number of nitrogens with zero attached hydrogens (tertiary/aromatic N) is 2. The van der Waals surface area contributed by atoms with Gasteiger partial charge in [-0.2, -0.15) is 0 Å². The number of carbonyl (C=O) groups excluding carboxylic acids is 1. The number of esters is 1. The topological polar surface area (TPSA) is 144 Å². The first kappa shape index (κ1) is 20.0. The van der Waals surface area contributed by atoms with Crippen LogP contribution in [0.2, 0.25) is 0 Å². The Morgan fingerprint density at radius 2 is 2.14 bits per heavy atom. The molecule has 0 bridgehead atoms. The Kier molecular flexibility index (Phi) is 6.05. The molecule has 0 aromatic carbocycles. The van der Waals surface area contributed by atoms with E-state index in [-0.39, 0.29) is 17.9 Å². The van der Waals surface area contributed by atoms with Crippen molar-refractivity contribution in [1.29, 1.82) is 0 Å². The van der Waals surface area contributed by atoms with Crippen LogP contribution in [0.15, 0.2) is 45.7 Å². The number of halogens is 1. The lowest BCUT2D eigenvalue weighted by molar-refractivity contribution is -0.0600. The van der Waals surface area contributed by atoms with Crippen LogP contribution in [0.25, 0.3) is 6.08 Å². The molecule has 0 radical (unpaired) electrons. The van der Waals surface area contributed by atoms with Crippen molar-refractivity contribution in [2.24, 2.45) is 0 Å². The minimum absolute atomic E-state index is 0.0462. The second-order valence-corrected chi connectivity index (χ2v) is 6.16. The number of ether oxygens (including phenoxy) is 2. The SMILES string of the molecule is O=C(OC[C@H]1O[C@@H](n2cc(/C=C/Cl)c(=O)[nH]c2=O)[C@@H](O)[C@@H]1O)c1ccccn1. The minimum Gasteiger partial charge on any atom is -0.458 e. The van der Waals surface area contributed by atoms with Crippen molar-refractivity contribution in [3.05, 3.63) is 68.2 Å². The summed E-state index contributed by atoms with van der Waals surface area (Å²) >= 11 is 5.46. The first-order chi connectivity index (χ1) is 13.4. The predicted octanol–water partition coefficient (Wildman–Crippen LogP) is -0.383. The molecule has 0 aliphatic carbocycles. The highest BCUT2D eigenvalue weighted by Gasteiger charge is 2.44. The van der Waals surface area contributed by atoms with Crippen LogP contribution in [0, 0.1) is 0 Å². The highest BCUT2D eigenvalue weighted by atomic mass is 35.5. The van der Waals surface area contributed by atoms with Gasteiger partial charge in [0, 0.05) is 17.9 Å². The van der Waals surface area contributed by atoms with Gasteiger partial charge in [0.25, 0.3) is 5.56 Å². The molecule has 1 aliphatic heterocycles. The molecule has 28 heavy (non-hydrogen) atoms. The van der Waals surface area contributed by atoms with Gasteiger partial charge >= 0.3 is 11.7 Å². The highest BCUT2D eigenvalue weighted by molar-refractivity contribution is 6.27. The number of aliphatic hydroxyl groups is 2. The number of aromatic nitrogens is 3. The lowest BCUT2D eigenvalue weighted by Gasteiger charge is -2.17. The van der Waals surface area contributed by atoms with E-state index in [4.69, 9.17) is 21.1 Å². The summed E-state index contributed by atoms with van der Waals surface area (Å²) in [6.07, 6.45) is -1.53. The lowest BCUT2D eigenvalue weighted by atomic mass is 10.1. The third kappa shape index (κ3) is 4.04. The van der Waals surface area contributed by atoms with E-state index >= 15 is 0 Å².